The quantitative estimate of drug-likeness (QED) is 0.814. The highest BCUT2D eigenvalue weighted by Gasteiger charge is 2.23. The van der Waals surface area contributed by atoms with Crippen LogP contribution < -0.4 is 0 Å². The Kier molecular flexibility index (Phi) is 4.15. The Labute approximate surface area is 99.5 Å². The predicted octanol–water partition coefficient (Wildman–Crippen LogP) is 4.06. The van der Waals surface area contributed by atoms with Gasteiger partial charge < -0.3 is 5.11 Å². The molecule has 0 fully saturated rings. The topological polar surface area (TPSA) is 20.2 Å². The normalized spacial score (nSPS) is 15.9. The Hall–Kier alpha value is -0.820. The zero-order valence-electron chi connectivity index (χ0n) is 11.1. The van der Waals surface area contributed by atoms with Crippen molar-refractivity contribution in [1.82, 2.24) is 0 Å². The summed E-state index contributed by atoms with van der Waals surface area (Å²) in [4.78, 5) is 0. The van der Waals surface area contributed by atoms with E-state index in [1.54, 1.807) is 0 Å². The van der Waals surface area contributed by atoms with E-state index in [9.17, 15) is 5.11 Å². The third-order valence-corrected chi connectivity index (χ3v) is 3.27. The van der Waals surface area contributed by atoms with E-state index in [2.05, 4.69) is 46.8 Å². The van der Waals surface area contributed by atoms with Gasteiger partial charge in [-0.1, -0.05) is 65.3 Å². The van der Waals surface area contributed by atoms with Gasteiger partial charge in [-0.25, -0.2) is 0 Å². The molecule has 0 heterocycles. The van der Waals surface area contributed by atoms with E-state index in [1.165, 1.54) is 5.56 Å². The molecule has 2 unspecified atom stereocenters. The third kappa shape index (κ3) is 2.85. The van der Waals surface area contributed by atoms with Crippen LogP contribution >= 0.6 is 0 Å². The molecule has 0 bridgehead atoms. The van der Waals surface area contributed by atoms with Crippen LogP contribution in [0.25, 0.3) is 0 Å². The van der Waals surface area contributed by atoms with Crippen LogP contribution in [0.15, 0.2) is 24.3 Å². The molecule has 1 rings (SSSR count). The van der Waals surface area contributed by atoms with Crippen LogP contribution in [-0.4, -0.2) is 5.11 Å². The molecule has 0 radical (unpaired) electrons. The highest BCUT2D eigenvalue weighted by molar-refractivity contribution is 5.34. The first-order chi connectivity index (χ1) is 7.38. The monoisotopic (exact) mass is 220 g/mol. The second-order valence-corrected chi connectivity index (χ2v) is 5.67. The van der Waals surface area contributed by atoms with Crippen LogP contribution in [-0.2, 0) is 5.41 Å². The number of aliphatic hydroxyl groups is 1. The number of aliphatic hydroxyl groups excluding tert-OH is 1. The average Bonchev–Trinajstić information content (AvgIpc) is 2.26. The van der Waals surface area contributed by atoms with Gasteiger partial charge in [0, 0.05) is 0 Å². The lowest BCUT2D eigenvalue weighted by Gasteiger charge is -2.27. The maximum atomic E-state index is 10.3. The summed E-state index contributed by atoms with van der Waals surface area (Å²) in [6.07, 6.45) is 0.653. The van der Waals surface area contributed by atoms with Crippen LogP contribution in [0.4, 0.5) is 0 Å². The number of benzene rings is 1. The smallest absolute Gasteiger partial charge is 0.0818 e. The van der Waals surface area contributed by atoms with Gasteiger partial charge in [0.2, 0.25) is 0 Å². The molecule has 1 aromatic carbocycles. The lowest BCUT2D eigenvalue weighted by atomic mass is 9.80. The molecule has 0 saturated carbocycles. The molecule has 1 N–H and O–H groups in total. The Balaban J connectivity index is 3.13. The maximum absolute atomic E-state index is 10.3. The fourth-order valence-electron chi connectivity index (χ4n) is 1.97. The van der Waals surface area contributed by atoms with Crippen molar-refractivity contribution in [3.63, 3.8) is 0 Å². The molecule has 16 heavy (non-hydrogen) atoms. The van der Waals surface area contributed by atoms with E-state index in [1.807, 2.05) is 12.1 Å². The molecule has 1 heteroatoms. The van der Waals surface area contributed by atoms with Crippen molar-refractivity contribution in [2.75, 3.05) is 0 Å². The van der Waals surface area contributed by atoms with Gasteiger partial charge in [-0.05, 0) is 22.5 Å². The van der Waals surface area contributed by atoms with Crippen molar-refractivity contribution in [3.8, 4) is 0 Å². The molecule has 0 aliphatic heterocycles. The largest absolute Gasteiger partial charge is 0.388 e. The molecular weight excluding hydrogens is 196 g/mol. The highest BCUT2D eigenvalue weighted by Crippen LogP contribution is 2.33. The van der Waals surface area contributed by atoms with Gasteiger partial charge in [-0.2, -0.15) is 0 Å². The summed E-state index contributed by atoms with van der Waals surface area (Å²) in [6.45, 7) is 10.8. The first kappa shape index (κ1) is 13.2. The summed E-state index contributed by atoms with van der Waals surface area (Å²) in [6, 6.07) is 8.24. The van der Waals surface area contributed by atoms with Gasteiger partial charge in [0.15, 0.2) is 0 Å². The molecule has 1 aromatic rings. The fraction of sp³-hybridized carbons (Fsp3) is 0.600. The summed E-state index contributed by atoms with van der Waals surface area (Å²) in [7, 11) is 0. The zero-order chi connectivity index (χ0) is 12.3. The van der Waals surface area contributed by atoms with E-state index in [4.69, 9.17) is 0 Å². The van der Waals surface area contributed by atoms with E-state index < -0.39 is 0 Å². The standard InChI is InChI=1S/C15H24O/c1-6-11(2)14(16)12-9-7-8-10-13(12)15(3,4)5/h7-11,14,16H,6H2,1-5H3. The van der Waals surface area contributed by atoms with E-state index >= 15 is 0 Å². The Morgan fingerprint density at radius 1 is 1.19 bits per heavy atom. The van der Waals surface area contributed by atoms with Crippen molar-refractivity contribution >= 4 is 0 Å². The minimum atomic E-state index is -0.347. The Bertz CT molecular complexity index is 336. The van der Waals surface area contributed by atoms with Gasteiger partial charge in [0.1, 0.15) is 0 Å². The molecule has 1 nitrogen and oxygen atoms in total. The lowest BCUT2D eigenvalue weighted by Crippen LogP contribution is -2.18. The van der Waals surface area contributed by atoms with Crippen molar-refractivity contribution in [2.24, 2.45) is 5.92 Å². The Morgan fingerprint density at radius 2 is 1.75 bits per heavy atom. The second kappa shape index (κ2) is 5.01. The molecule has 0 amide bonds. The average molecular weight is 220 g/mol. The van der Waals surface area contributed by atoms with Crippen LogP contribution in [0.3, 0.4) is 0 Å². The van der Waals surface area contributed by atoms with Crippen molar-refractivity contribution < 1.29 is 5.11 Å². The van der Waals surface area contributed by atoms with Gasteiger partial charge in [0.25, 0.3) is 0 Å². The minimum Gasteiger partial charge on any atom is -0.388 e. The Morgan fingerprint density at radius 3 is 2.25 bits per heavy atom. The SMILES string of the molecule is CCC(C)C(O)c1ccccc1C(C)(C)C. The summed E-state index contributed by atoms with van der Waals surface area (Å²) in [5.41, 5.74) is 2.43. The molecule has 2 atom stereocenters. The van der Waals surface area contributed by atoms with Gasteiger partial charge >= 0.3 is 0 Å². The molecule has 90 valence electrons. The molecular formula is C15H24O. The molecule has 0 spiro atoms. The summed E-state index contributed by atoms with van der Waals surface area (Å²) >= 11 is 0. The van der Waals surface area contributed by atoms with Crippen LogP contribution in [0, 0.1) is 5.92 Å². The van der Waals surface area contributed by atoms with Crippen LogP contribution in [0.2, 0.25) is 0 Å². The minimum absolute atomic E-state index is 0.0883. The molecule has 0 aromatic heterocycles. The van der Waals surface area contributed by atoms with Gasteiger partial charge in [-0.15, -0.1) is 0 Å². The van der Waals surface area contributed by atoms with E-state index in [-0.39, 0.29) is 11.5 Å². The van der Waals surface area contributed by atoms with Crippen molar-refractivity contribution in [1.29, 1.82) is 0 Å². The first-order valence-electron chi connectivity index (χ1n) is 6.15. The van der Waals surface area contributed by atoms with Gasteiger partial charge in [0.05, 0.1) is 6.10 Å². The summed E-state index contributed by atoms with van der Waals surface area (Å²) in [5.74, 6) is 0.309. The molecule has 0 saturated heterocycles. The third-order valence-electron chi connectivity index (χ3n) is 3.27. The summed E-state index contributed by atoms with van der Waals surface area (Å²) in [5, 5.41) is 10.3. The molecule has 0 aliphatic rings. The summed E-state index contributed by atoms with van der Waals surface area (Å²) < 4.78 is 0. The van der Waals surface area contributed by atoms with E-state index in [0.717, 1.165) is 12.0 Å². The number of hydrogen-bond donors (Lipinski definition) is 1. The first-order valence-corrected chi connectivity index (χ1v) is 6.15. The van der Waals surface area contributed by atoms with Crippen LogP contribution in [0.1, 0.15) is 58.3 Å². The van der Waals surface area contributed by atoms with Gasteiger partial charge in [-0.3, -0.25) is 0 Å². The second-order valence-electron chi connectivity index (χ2n) is 5.67. The fourth-order valence-corrected chi connectivity index (χ4v) is 1.97. The number of hydrogen-bond acceptors (Lipinski definition) is 1. The predicted molar refractivity (Wildman–Crippen MR) is 69.6 cm³/mol. The highest BCUT2D eigenvalue weighted by atomic mass is 16.3. The number of rotatable bonds is 3. The zero-order valence-corrected chi connectivity index (χ0v) is 11.1. The maximum Gasteiger partial charge on any atom is 0.0818 e. The van der Waals surface area contributed by atoms with Crippen molar-refractivity contribution in [3.05, 3.63) is 35.4 Å². The van der Waals surface area contributed by atoms with Crippen molar-refractivity contribution in [2.45, 2.75) is 52.6 Å². The van der Waals surface area contributed by atoms with Crippen LogP contribution in [0.5, 0.6) is 0 Å². The lowest BCUT2D eigenvalue weighted by molar-refractivity contribution is 0.113. The molecule has 0 aliphatic carbocycles. The van der Waals surface area contributed by atoms with E-state index in [0.29, 0.717) is 5.92 Å².